The van der Waals surface area contributed by atoms with E-state index in [0.717, 1.165) is 49.7 Å². The van der Waals surface area contributed by atoms with Crippen molar-refractivity contribution in [1.29, 1.82) is 10.5 Å². The Hall–Kier alpha value is -1.79. The molecule has 0 spiro atoms. The Labute approximate surface area is 310 Å². The topological polar surface area (TPSA) is 104 Å². The van der Waals surface area contributed by atoms with Crippen molar-refractivity contribution in [3.05, 3.63) is 103 Å². The molecule has 0 aliphatic heterocycles. The second kappa shape index (κ2) is 12.4. The third-order valence-corrected chi connectivity index (χ3v) is 5.84. The molecule has 0 fully saturated rings. The predicted octanol–water partition coefficient (Wildman–Crippen LogP) is -0.951. The zero-order chi connectivity index (χ0) is 23.8. The molecule has 0 amide bonds. The van der Waals surface area contributed by atoms with Gasteiger partial charge in [0.05, 0.1) is 0 Å². The van der Waals surface area contributed by atoms with Gasteiger partial charge in [-0.2, -0.15) is 57.7 Å². The standard InChI is InChI=1S/C28H13N7.2Rb/c29-12-27-31-14-19(15-32-27)18-9-10-26(23(11-18)20-16-33-28(13-30)34-17-20)35-24-7-3-1-5-21(24)22-6-2-4-8-25(22)35;;/h3-11,14-17H;;/q-2;2*+1. The molecule has 0 bridgehead atoms. The first kappa shape index (κ1) is 28.2. The molecule has 0 N–H and O–H groups in total. The Morgan fingerprint density at radius 1 is 0.649 bits per heavy atom. The van der Waals surface area contributed by atoms with Gasteiger partial charge in [0.25, 0.3) is 0 Å². The molecule has 0 radical (unpaired) electrons. The molecule has 162 valence electrons. The van der Waals surface area contributed by atoms with E-state index in [1.165, 1.54) is 0 Å². The molecule has 9 heteroatoms. The van der Waals surface area contributed by atoms with Crippen molar-refractivity contribution in [3.63, 3.8) is 0 Å². The minimum Gasteiger partial charge on any atom is -0.358 e. The molecule has 0 aliphatic rings. The fourth-order valence-corrected chi connectivity index (χ4v) is 4.26. The van der Waals surface area contributed by atoms with Crippen molar-refractivity contribution in [2.24, 2.45) is 0 Å². The van der Waals surface area contributed by atoms with Crippen molar-refractivity contribution in [1.82, 2.24) is 24.5 Å². The number of hydrogen-bond donors (Lipinski definition) is 0. The van der Waals surface area contributed by atoms with Crippen molar-refractivity contribution in [3.8, 4) is 40.1 Å². The number of nitriles is 2. The van der Waals surface area contributed by atoms with Gasteiger partial charge in [0, 0.05) is 47.2 Å². The van der Waals surface area contributed by atoms with Gasteiger partial charge in [0.2, 0.25) is 11.6 Å². The Morgan fingerprint density at radius 3 is 1.68 bits per heavy atom. The van der Waals surface area contributed by atoms with Crippen molar-refractivity contribution in [2.45, 2.75) is 0 Å². The molecule has 37 heavy (non-hydrogen) atoms. The molecule has 3 heterocycles. The second-order valence-corrected chi connectivity index (χ2v) is 7.77. The van der Waals surface area contributed by atoms with Crippen LogP contribution in [0.15, 0.2) is 79.4 Å². The Balaban J connectivity index is 0.00000160. The molecule has 0 saturated heterocycles. The summed E-state index contributed by atoms with van der Waals surface area (Å²) in [6.45, 7) is 0. The van der Waals surface area contributed by atoms with Crippen LogP contribution in [0.25, 0.3) is 49.7 Å². The van der Waals surface area contributed by atoms with Gasteiger partial charge in [-0.3, -0.25) is 0 Å². The molecule has 0 saturated carbocycles. The first-order chi connectivity index (χ1) is 17.3. The summed E-state index contributed by atoms with van der Waals surface area (Å²) >= 11 is 0. The van der Waals surface area contributed by atoms with Crippen molar-refractivity contribution in [2.75, 3.05) is 0 Å². The summed E-state index contributed by atoms with van der Waals surface area (Å²) in [5.41, 5.74) is 6.27. The number of aromatic nitrogens is 5. The van der Waals surface area contributed by atoms with Crippen LogP contribution < -0.4 is 116 Å². The van der Waals surface area contributed by atoms with E-state index in [4.69, 9.17) is 10.5 Å². The van der Waals surface area contributed by atoms with Gasteiger partial charge in [-0.25, -0.2) is 19.9 Å². The summed E-state index contributed by atoms with van der Waals surface area (Å²) in [4.78, 5) is 16.6. The fraction of sp³-hybridized carbons (Fsp3) is 0. The Morgan fingerprint density at radius 2 is 1.16 bits per heavy atom. The number of nitrogens with zero attached hydrogens (tertiary/aromatic N) is 7. The van der Waals surface area contributed by atoms with E-state index in [0.29, 0.717) is 0 Å². The van der Waals surface area contributed by atoms with Gasteiger partial charge < -0.3 is 4.57 Å². The number of benzene rings is 3. The van der Waals surface area contributed by atoms with Gasteiger partial charge >= 0.3 is 116 Å². The Kier molecular flexibility index (Phi) is 9.44. The van der Waals surface area contributed by atoms with E-state index in [-0.39, 0.29) is 128 Å². The van der Waals surface area contributed by atoms with Crippen LogP contribution in [0.5, 0.6) is 0 Å². The summed E-state index contributed by atoms with van der Waals surface area (Å²) in [6, 6.07) is 28.1. The van der Waals surface area contributed by atoms with Crippen LogP contribution in [0.1, 0.15) is 11.6 Å². The second-order valence-electron chi connectivity index (χ2n) is 7.77. The average Bonchev–Trinajstić information content (AvgIpc) is 3.27. The molecule has 0 aliphatic carbocycles. The van der Waals surface area contributed by atoms with Gasteiger partial charge in [-0.15, -0.1) is 12.1 Å². The van der Waals surface area contributed by atoms with Crippen molar-refractivity contribution < 1.29 is 116 Å². The largest absolute Gasteiger partial charge is 1.00 e. The number of rotatable bonds is 3. The minimum atomic E-state index is 0. The van der Waals surface area contributed by atoms with E-state index >= 15 is 0 Å². The van der Waals surface area contributed by atoms with Crippen LogP contribution in [0, 0.1) is 34.8 Å². The summed E-state index contributed by atoms with van der Waals surface area (Å²) in [7, 11) is 0. The quantitative estimate of drug-likeness (QED) is 0.237. The summed E-state index contributed by atoms with van der Waals surface area (Å²) in [6.07, 6.45) is 6.56. The van der Waals surface area contributed by atoms with Gasteiger partial charge in [0.15, 0.2) is 0 Å². The normalized spacial score (nSPS) is 10.2. The van der Waals surface area contributed by atoms with Crippen LogP contribution in [-0.2, 0) is 0 Å². The minimum absolute atomic E-state index is 0. The first-order valence-electron chi connectivity index (χ1n) is 10.7. The van der Waals surface area contributed by atoms with E-state index < -0.39 is 0 Å². The SMILES string of the molecule is N#Cc1ncc(-c2ccc(-n3c4cc[c-]cc4c4c[c-]ccc43)c(-c3cnc(C#N)nc3)c2)cn1.[Rb+].[Rb+]. The first-order valence-corrected chi connectivity index (χ1v) is 10.7. The molecule has 7 nitrogen and oxygen atoms in total. The molecular formula is C28H13N7Rb2. The van der Waals surface area contributed by atoms with E-state index in [2.05, 4.69) is 36.6 Å². The van der Waals surface area contributed by atoms with Crippen LogP contribution in [-0.4, -0.2) is 24.5 Å². The third kappa shape index (κ3) is 5.38. The summed E-state index contributed by atoms with van der Waals surface area (Å²) in [5, 5.41) is 20.3. The van der Waals surface area contributed by atoms with Crippen LogP contribution in [0.3, 0.4) is 0 Å². The third-order valence-electron chi connectivity index (χ3n) is 5.84. The Bertz CT molecular complexity index is 1760. The smallest absolute Gasteiger partial charge is 0.358 e. The average molecular weight is 618 g/mol. The maximum atomic E-state index is 9.15. The van der Waals surface area contributed by atoms with Crippen LogP contribution in [0.4, 0.5) is 0 Å². The molecule has 0 atom stereocenters. The summed E-state index contributed by atoms with van der Waals surface area (Å²) in [5.74, 6) is 0.222. The monoisotopic (exact) mass is 617 g/mol. The zero-order valence-corrected chi connectivity index (χ0v) is 30.0. The fourth-order valence-electron chi connectivity index (χ4n) is 4.26. The van der Waals surface area contributed by atoms with Crippen molar-refractivity contribution >= 4 is 21.8 Å². The van der Waals surface area contributed by atoms with E-state index in [1.54, 1.807) is 24.8 Å². The predicted molar refractivity (Wildman–Crippen MR) is 130 cm³/mol. The molecule has 3 aromatic heterocycles. The van der Waals surface area contributed by atoms with E-state index in [9.17, 15) is 0 Å². The maximum absolute atomic E-state index is 9.15. The zero-order valence-electron chi connectivity index (χ0n) is 20.1. The molecule has 6 aromatic rings. The number of hydrogen-bond acceptors (Lipinski definition) is 6. The van der Waals surface area contributed by atoms with Gasteiger partial charge in [-0.05, 0) is 17.7 Å². The summed E-state index contributed by atoms with van der Waals surface area (Å²) < 4.78 is 2.19. The number of fused-ring (bicyclic) bond motifs is 3. The van der Waals surface area contributed by atoms with Crippen LogP contribution >= 0.6 is 0 Å². The van der Waals surface area contributed by atoms with Gasteiger partial charge in [0.1, 0.15) is 12.1 Å². The molecular weight excluding hydrogens is 605 g/mol. The maximum Gasteiger partial charge on any atom is 1.00 e. The van der Waals surface area contributed by atoms with Gasteiger partial charge in [-0.1, -0.05) is 17.1 Å². The van der Waals surface area contributed by atoms with E-state index in [1.807, 2.05) is 66.7 Å². The molecule has 0 unspecified atom stereocenters. The molecule has 6 rings (SSSR count). The molecule has 3 aromatic carbocycles. The van der Waals surface area contributed by atoms with Crippen LogP contribution in [0.2, 0.25) is 0 Å².